The van der Waals surface area contributed by atoms with Crippen LogP contribution >= 0.6 is 0 Å². The van der Waals surface area contributed by atoms with Gasteiger partial charge in [-0.3, -0.25) is 0 Å². The molecule has 0 saturated carbocycles. The second-order valence-electron chi connectivity index (χ2n) is 5.94. The molecule has 2 rings (SSSR count). The largest absolute Gasteiger partial charge is 0.383 e. The number of hydrogen-bond donors (Lipinski definition) is 1. The van der Waals surface area contributed by atoms with Crippen molar-refractivity contribution >= 4 is 5.95 Å². The van der Waals surface area contributed by atoms with Gasteiger partial charge in [-0.15, -0.1) is 0 Å². The Balaban J connectivity index is 1.88. The van der Waals surface area contributed by atoms with E-state index >= 15 is 0 Å². The van der Waals surface area contributed by atoms with Crippen LogP contribution in [0.5, 0.6) is 0 Å². The van der Waals surface area contributed by atoms with Gasteiger partial charge in [0, 0.05) is 51.2 Å². The van der Waals surface area contributed by atoms with Crippen LogP contribution in [0.2, 0.25) is 0 Å². The van der Waals surface area contributed by atoms with Crippen molar-refractivity contribution in [1.29, 1.82) is 0 Å². The van der Waals surface area contributed by atoms with Crippen LogP contribution in [-0.4, -0.2) is 43.3 Å². The molecule has 1 aliphatic rings. The maximum atomic E-state index is 5.01. The first-order valence-corrected chi connectivity index (χ1v) is 7.98. The number of ether oxygens (including phenoxy) is 1. The molecule has 0 unspecified atom stereocenters. The van der Waals surface area contributed by atoms with Crippen LogP contribution in [0.4, 0.5) is 5.95 Å². The van der Waals surface area contributed by atoms with E-state index in [1.165, 1.54) is 19.3 Å². The molecule has 118 valence electrons. The Kier molecular flexibility index (Phi) is 5.94. The highest BCUT2D eigenvalue weighted by Crippen LogP contribution is 2.37. The fourth-order valence-electron chi connectivity index (χ4n) is 2.94. The molecule has 0 spiro atoms. The Morgan fingerprint density at radius 3 is 2.57 bits per heavy atom. The van der Waals surface area contributed by atoms with Crippen LogP contribution in [0.25, 0.3) is 0 Å². The Hall–Kier alpha value is -1.20. The predicted octanol–water partition coefficient (Wildman–Crippen LogP) is 2.23. The lowest BCUT2D eigenvalue weighted by Gasteiger charge is -2.26. The summed E-state index contributed by atoms with van der Waals surface area (Å²) in [7, 11) is 1.71. The molecule has 0 atom stereocenters. The van der Waals surface area contributed by atoms with E-state index in [2.05, 4.69) is 34.0 Å². The van der Waals surface area contributed by atoms with Gasteiger partial charge in [-0.1, -0.05) is 13.8 Å². The third-order valence-corrected chi connectivity index (χ3v) is 4.72. The molecule has 5 nitrogen and oxygen atoms in total. The summed E-state index contributed by atoms with van der Waals surface area (Å²) in [5.74, 6) is 0.874. The third kappa shape index (κ3) is 4.14. The van der Waals surface area contributed by atoms with Gasteiger partial charge in [0.1, 0.15) is 0 Å². The molecule has 21 heavy (non-hydrogen) atoms. The van der Waals surface area contributed by atoms with E-state index < -0.39 is 0 Å². The lowest BCUT2D eigenvalue weighted by molar-refractivity contribution is 0.199. The summed E-state index contributed by atoms with van der Waals surface area (Å²) < 4.78 is 5.01. The molecule has 0 bridgehead atoms. The maximum Gasteiger partial charge on any atom is 0.225 e. The molecule has 1 aromatic rings. The molecular weight excluding hydrogens is 264 g/mol. The van der Waals surface area contributed by atoms with Gasteiger partial charge >= 0.3 is 0 Å². The summed E-state index contributed by atoms with van der Waals surface area (Å²) in [6, 6.07) is 0. The predicted molar refractivity (Wildman–Crippen MR) is 85.5 cm³/mol. The van der Waals surface area contributed by atoms with Gasteiger partial charge in [-0.2, -0.15) is 0 Å². The molecule has 1 aliphatic heterocycles. The standard InChI is InChI=1S/C16H28N4O/c1-4-16(5-2)6-8-20(13-16)15-18-11-14(12-19-15)10-17-7-9-21-3/h11-12,17H,4-10,13H2,1-3H3. The van der Waals surface area contributed by atoms with Crippen molar-refractivity contribution in [2.45, 2.75) is 39.7 Å². The topological polar surface area (TPSA) is 50.3 Å². The summed E-state index contributed by atoms with van der Waals surface area (Å²) in [5, 5.41) is 3.30. The zero-order valence-electron chi connectivity index (χ0n) is 13.6. The number of hydrogen-bond acceptors (Lipinski definition) is 5. The van der Waals surface area contributed by atoms with E-state index in [1.54, 1.807) is 7.11 Å². The first-order chi connectivity index (χ1) is 10.2. The van der Waals surface area contributed by atoms with E-state index in [0.29, 0.717) is 5.41 Å². The third-order valence-electron chi connectivity index (χ3n) is 4.72. The second kappa shape index (κ2) is 7.71. The molecule has 0 aliphatic carbocycles. The summed E-state index contributed by atoms with van der Waals surface area (Å²) in [6.45, 7) is 9.12. The molecular formula is C16H28N4O. The van der Waals surface area contributed by atoms with Crippen LogP contribution < -0.4 is 10.2 Å². The van der Waals surface area contributed by atoms with Gasteiger partial charge in [0.15, 0.2) is 0 Å². The number of anilines is 1. The minimum Gasteiger partial charge on any atom is -0.383 e. The van der Waals surface area contributed by atoms with Crippen molar-refractivity contribution in [3.63, 3.8) is 0 Å². The van der Waals surface area contributed by atoms with E-state index in [0.717, 1.165) is 44.3 Å². The van der Waals surface area contributed by atoms with Crippen LogP contribution in [0, 0.1) is 5.41 Å². The van der Waals surface area contributed by atoms with Gasteiger partial charge in [-0.25, -0.2) is 9.97 Å². The molecule has 0 radical (unpaired) electrons. The zero-order valence-corrected chi connectivity index (χ0v) is 13.6. The molecule has 0 aromatic carbocycles. The van der Waals surface area contributed by atoms with Crippen LogP contribution in [0.15, 0.2) is 12.4 Å². The van der Waals surface area contributed by atoms with Crippen molar-refractivity contribution in [2.24, 2.45) is 5.41 Å². The average molecular weight is 292 g/mol. The highest BCUT2D eigenvalue weighted by molar-refractivity contribution is 5.32. The van der Waals surface area contributed by atoms with Crippen LogP contribution in [0.1, 0.15) is 38.7 Å². The SMILES string of the molecule is CCC1(CC)CCN(c2ncc(CNCCOC)cn2)C1. The first-order valence-electron chi connectivity index (χ1n) is 7.98. The van der Waals surface area contributed by atoms with Crippen molar-refractivity contribution in [3.8, 4) is 0 Å². The van der Waals surface area contributed by atoms with E-state index in [-0.39, 0.29) is 0 Å². The minimum atomic E-state index is 0.462. The number of methoxy groups -OCH3 is 1. The van der Waals surface area contributed by atoms with Gasteiger partial charge in [0.25, 0.3) is 0 Å². The lowest BCUT2D eigenvalue weighted by atomic mass is 9.82. The van der Waals surface area contributed by atoms with Crippen molar-refractivity contribution in [3.05, 3.63) is 18.0 Å². The van der Waals surface area contributed by atoms with Gasteiger partial charge in [0.05, 0.1) is 6.61 Å². The molecule has 2 heterocycles. The van der Waals surface area contributed by atoms with E-state index in [4.69, 9.17) is 4.74 Å². The molecule has 5 heteroatoms. The Morgan fingerprint density at radius 1 is 1.29 bits per heavy atom. The smallest absolute Gasteiger partial charge is 0.225 e. The number of nitrogens with one attached hydrogen (secondary N) is 1. The Labute approximate surface area is 128 Å². The van der Waals surface area contributed by atoms with Gasteiger partial charge in [0.2, 0.25) is 5.95 Å². The summed E-state index contributed by atoms with van der Waals surface area (Å²) in [6.07, 6.45) is 7.59. The fourth-order valence-corrected chi connectivity index (χ4v) is 2.94. The number of rotatable bonds is 8. The minimum absolute atomic E-state index is 0.462. The fraction of sp³-hybridized carbons (Fsp3) is 0.750. The monoisotopic (exact) mass is 292 g/mol. The molecule has 1 N–H and O–H groups in total. The molecule has 1 saturated heterocycles. The van der Waals surface area contributed by atoms with Crippen LogP contribution in [-0.2, 0) is 11.3 Å². The quantitative estimate of drug-likeness (QED) is 0.745. The van der Waals surface area contributed by atoms with Crippen molar-refractivity contribution in [1.82, 2.24) is 15.3 Å². The maximum absolute atomic E-state index is 5.01. The van der Waals surface area contributed by atoms with Gasteiger partial charge < -0.3 is 15.0 Å². The molecule has 1 fully saturated rings. The molecule has 1 aromatic heterocycles. The highest BCUT2D eigenvalue weighted by Gasteiger charge is 2.35. The zero-order chi connectivity index (χ0) is 15.1. The second-order valence-corrected chi connectivity index (χ2v) is 5.94. The highest BCUT2D eigenvalue weighted by atomic mass is 16.5. The number of nitrogens with zero attached hydrogens (tertiary/aromatic N) is 3. The first kappa shape index (κ1) is 16.2. The lowest BCUT2D eigenvalue weighted by Crippen LogP contribution is -2.27. The molecule has 0 amide bonds. The van der Waals surface area contributed by atoms with Crippen LogP contribution in [0.3, 0.4) is 0 Å². The van der Waals surface area contributed by atoms with Crippen molar-refractivity contribution < 1.29 is 4.74 Å². The van der Waals surface area contributed by atoms with Gasteiger partial charge in [-0.05, 0) is 24.7 Å². The van der Waals surface area contributed by atoms with Crippen molar-refractivity contribution in [2.75, 3.05) is 38.3 Å². The normalized spacial score (nSPS) is 17.4. The Morgan fingerprint density at radius 2 is 2.00 bits per heavy atom. The summed E-state index contributed by atoms with van der Waals surface area (Å²) in [4.78, 5) is 11.4. The number of aromatic nitrogens is 2. The summed E-state index contributed by atoms with van der Waals surface area (Å²) >= 11 is 0. The Bertz CT molecular complexity index is 417. The summed E-state index contributed by atoms with van der Waals surface area (Å²) in [5.41, 5.74) is 1.58. The average Bonchev–Trinajstić information content (AvgIpc) is 2.97. The van der Waals surface area contributed by atoms with E-state index in [1.807, 2.05) is 12.4 Å². The van der Waals surface area contributed by atoms with E-state index in [9.17, 15) is 0 Å².